The lowest BCUT2D eigenvalue weighted by molar-refractivity contribution is -0.127. The van der Waals surface area contributed by atoms with Gasteiger partial charge in [-0.1, -0.05) is 18.6 Å². The number of amides is 1. The Morgan fingerprint density at radius 2 is 1.80 bits per heavy atom. The number of rotatable bonds is 7. The van der Waals surface area contributed by atoms with E-state index in [0.717, 1.165) is 44.5 Å². The van der Waals surface area contributed by atoms with Gasteiger partial charge in [0.1, 0.15) is 24.5 Å². The fraction of sp³-hybridized carbons (Fsp3) is 0.500. The third-order valence-electron chi connectivity index (χ3n) is 4.55. The number of likely N-dealkylation sites (tertiary alicyclic amines) is 1. The van der Waals surface area contributed by atoms with Crippen LogP contribution in [0.2, 0.25) is 0 Å². The summed E-state index contributed by atoms with van der Waals surface area (Å²) in [6.45, 7) is 3.15. The van der Waals surface area contributed by atoms with Crippen molar-refractivity contribution < 1.29 is 9.18 Å². The molecular formula is C18H24FN5O. The van der Waals surface area contributed by atoms with Gasteiger partial charge in [0.25, 0.3) is 0 Å². The summed E-state index contributed by atoms with van der Waals surface area (Å²) in [7, 11) is 0. The van der Waals surface area contributed by atoms with Crippen LogP contribution in [0.4, 0.5) is 4.39 Å². The molecule has 6 nitrogen and oxygen atoms in total. The minimum Gasteiger partial charge on any atom is -0.354 e. The maximum Gasteiger partial charge on any atom is 0.241 e. The Morgan fingerprint density at radius 1 is 1.12 bits per heavy atom. The second-order valence-electron chi connectivity index (χ2n) is 6.40. The van der Waals surface area contributed by atoms with Gasteiger partial charge in [-0.25, -0.2) is 4.39 Å². The number of aryl methyl sites for hydroxylation is 1. The molecule has 7 heteroatoms. The van der Waals surface area contributed by atoms with Gasteiger partial charge in [-0.15, -0.1) is 10.2 Å². The number of nitrogens with zero attached hydrogens (tertiary/aromatic N) is 4. The summed E-state index contributed by atoms with van der Waals surface area (Å²) in [4.78, 5) is 15.0. The molecule has 0 spiro atoms. The third-order valence-corrected chi connectivity index (χ3v) is 4.55. The molecule has 3 rings (SSSR count). The van der Waals surface area contributed by atoms with Crippen LogP contribution in [0.1, 0.15) is 37.3 Å². The predicted octanol–water partition coefficient (Wildman–Crippen LogP) is 2.15. The van der Waals surface area contributed by atoms with E-state index < -0.39 is 0 Å². The molecule has 1 amide bonds. The average Bonchev–Trinajstić information content (AvgIpc) is 3.15. The van der Waals surface area contributed by atoms with Crippen LogP contribution >= 0.6 is 0 Å². The van der Waals surface area contributed by atoms with Gasteiger partial charge in [-0.2, -0.15) is 0 Å². The number of benzene rings is 1. The number of hydrogen-bond acceptors (Lipinski definition) is 4. The quantitative estimate of drug-likeness (QED) is 0.781. The van der Waals surface area contributed by atoms with Gasteiger partial charge in [-0.3, -0.25) is 9.69 Å². The van der Waals surface area contributed by atoms with Crippen LogP contribution in [0, 0.1) is 5.82 Å². The van der Waals surface area contributed by atoms with Crippen molar-refractivity contribution in [3.63, 3.8) is 0 Å². The maximum atomic E-state index is 13.2. The van der Waals surface area contributed by atoms with Crippen molar-refractivity contribution in [3.8, 4) is 0 Å². The summed E-state index contributed by atoms with van der Waals surface area (Å²) < 4.78 is 15.1. The molecule has 0 aliphatic carbocycles. The highest BCUT2D eigenvalue weighted by Gasteiger charge is 2.28. The van der Waals surface area contributed by atoms with E-state index in [1.165, 1.54) is 18.6 Å². The first-order chi connectivity index (χ1) is 12.2. The second kappa shape index (κ2) is 8.71. The summed E-state index contributed by atoms with van der Waals surface area (Å²) in [5, 5.41) is 10.5. The predicted molar refractivity (Wildman–Crippen MR) is 92.2 cm³/mol. The molecule has 2 aromatic rings. The van der Waals surface area contributed by atoms with Crippen molar-refractivity contribution in [3.05, 3.63) is 48.3 Å². The lowest BCUT2D eigenvalue weighted by Gasteiger charge is -2.34. The Kier molecular flexibility index (Phi) is 6.11. The smallest absolute Gasteiger partial charge is 0.241 e. The Balaban J connectivity index is 1.61. The van der Waals surface area contributed by atoms with E-state index >= 15 is 0 Å². The van der Waals surface area contributed by atoms with Crippen molar-refractivity contribution in [1.29, 1.82) is 0 Å². The Labute approximate surface area is 147 Å². The van der Waals surface area contributed by atoms with Crippen LogP contribution in [0.3, 0.4) is 0 Å². The van der Waals surface area contributed by atoms with Crippen molar-refractivity contribution >= 4 is 5.91 Å². The molecule has 0 bridgehead atoms. The van der Waals surface area contributed by atoms with Gasteiger partial charge in [0.05, 0.1) is 0 Å². The zero-order chi connectivity index (χ0) is 17.5. The molecule has 1 aliphatic heterocycles. The zero-order valence-electron chi connectivity index (χ0n) is 14.3. The first-order valence-electron chi connectivity index (χ1n) is 8.84. The molecule has 0 unspecified atom stereocenters. The molecule has 25 heavy (non-hydrogen) atoms. The highest BCUT2D eigenvalue weighted by molar-refractivity contribution is 5.83. The molecule has 134 valence electrons. The summed E-state index contributed by atoms with van der Waals surface area (Å²) in [6, 6.07) is 5.92. The van der Waals surface area contributed by atoms with Crippen LogP contribution in [-0.2, 0) is 11.3 Å². The van der Waals surface area contributed by atoms with E-state index in [9.17, 15) is 9.18 Å². The summed E-state index contributed by atoms with van der Waals surface area (Å²) in [6.07, 6.45) is 7.53. The molecule has 1 aromatic carbocycles. The van der Waals surface area contributed by atoms with Crippen LogP contribution < -0.4 is 5.32 Å². The van der Waals surface area contributed by atoms with Gasteiger partial charge in [-0.05, 0) is 50.0 Å². The number of nitrogens with one attached hydrogen (secondary N) is 1. The fourth-order valence-corrected chi connectivity index (χ4v) is 3.26. The lowest BCUT2D eigenvalue weighted by atomic mass is 10.0. The number of piperidine rings is 1. The molecule has 1 saturated heterocycles. The minimum absolute atomic E-state index is 0.0164. The normalized spacial score (nSPS) is 16.5. The second-order valence-corrected chi connectivity index (χ2v) is 6.40. The zero-order valence-corrected chi connectivity index (χ0v) is 14.3. The number of aromatic nitrogens is 3. The summed E-state index contributed by atoms with van der Waals surface area (Å²) in [5.74, 6) is -0.298. The van der Waals surface area contributed by atoms with Crippen LogP contribution in [0.25, 0.3) is 0 Å². The molecule has 2 heterocycles. The van der Waals surface area contributed by atoms with Gasteiger partial charge in [0.2, 0.25) is 5.91 Å². The lowest BCUT2D eigenvalue weighted by Crippen LogP contribution is -2.43. The topological polar surface area (TPSA) is 63.1 Å². The Bertz CT molecular complexity index is 653. The van der Waals surface area contributed by atoms with Crippen LogP contribution in [0.5, 0.6) is 0 Å². The van der Waals surface area contributed by atoms with Crippen LogP contribution in [0.15, 0.2) is 36.9 Å². The number of halogens is 1. The van der Waals surface area contributed by atoms with Gasteiger partial charge in [0.15, 0.2) is 0 Å². The third kappa shape index (κ3) is 4.85. The van der Waals surface area contributed by atoms with Crippen LogP contribution in [-0.4, -0.2) is 45.2 Å². The molecule has 1 atom stereocenters. The Morgan fingerprint density at radius 3 is 2.48 bits per heavy atom. The molecule has 1 aliphatic rings. The monoisotopic (exact) mass is 345 g/mol. The summed E-state index contributed by atoms with van der Waals surface area (Å²) in [5.41, 5.74) is 0.847. The van der Waals surface area contributed by atoms with E-state index in [-0.39, 0.29) is 17.8 Å². The van der Waals surface area contributed by atoms with Gasteiger partial charge in [0, 0.05) is 13.1 Å². The number of hydrogen-bond donors (Lipinski definition) is 1. The standard InChI is InChI=1S/C18H24FN5O/c19-16-7-5-15(6-8-16)17(24-11-2-1-3-12-24)18(25)20-9-4-10-23-13-21-22-14-23/h5-8,13-14,17H,1-4,9-12H2,(H,20,25)/t17-/m0/s1. The van der Waals surface area contributed by atoms with Gasteiger partial charge < -0.3 is 9.88 Å². The van der Waals surface area contributed by atoms with E-state index in [1.807, 2.05) is 4.57 Å². The first-order valence-corrected chi connectivity index (χ1v) is 8.84. The largest absolute Gasteiger partial charge is 0.354 e. The van der Waals surface area contributed by atoms with Crippen molar-refractivity contribution in [2.75, 3.05) is 19.6 Å². The maximum absolute atomic E-state index is 13.2. The molecule has 1 aromatic heterocycles. The van der Waals surface area contributed by atoms with E-state index in [1.54, 1.807) is 24.8 Å². The van der Waals surface area contributed by atoms with Crippen molar-refractivity contribution in [1.82, 2.24) is 25.0 Å². The highest BCUT2D eigenvalue weighted by atomic mass is 19.1. The minimum atomic E-state index is -0.351. The summed E-state index contributed by atoms with van der Waals surface area (Å²) >= 11 is 0. The van der Waals surface area contributed by atoms with Crippen molar-refractivity contribution in [2.24, 2.45) is 0 Å². The average molecular weight is 345 g/mol. The van der Waals surface area contributed by atoms with Gasteiger partial charge >= 0.3 is 0 Å². The molecule has 0 saturated carbocycles. The highest BCUT2D eigenvalue weighted by Crippen LogP contribution is 2.25. The fourth-order valence-electron chi connectivity index (χ4n) is 3.26. The molecular weight excluding hydrogens is 321 g/mol. The first kappa shape index (κ1) is 17.5. The van der Waals surface area contributed by atoms with E-state index in [2.05, 4.69) is 20.4 Å². The number of carbonyl (C=O) groups is 1. The van der Waals surface area contributed by atoms with E-state index in [4.69, 9.17) is 0 Å². The van der Waals surface area contributed by atoms with Crippen molar-refractivity contribution in [2.45, 2.75) is 38.3 Å². The molecule has 1 fully saturated rings. The Hall–Kier alpha value is -2.28. The number of carbonyl (C=O) groups excluding carboxylic acids is 1. The SMILES string of the molecule is O=C(NCCCn1cnnc1)[C@H](c1ccc(F)cc1)N1CCCCC1. The molecule has 0 radical (unpaired) electrons. The van der Waals surface area contributed by atoms with E-state index in [0.29, 0.717) is 6.54 Å². The molecule has 1 N–H and O–H groups in total.